The van der Waals surface area contributed by atoms with Crippen molar-refractivity contribution in [2.24, 2.45) is 0 Å². The van der Waals surface area contributed by atoms with Crippen molar-refractivity contribution >= 4 is 61.5 Å². The number of aryl methyl sites for hydroxylation is 2. The molecule has 198 valence electrons. The van der Waals surface area contributed by atoms with Crippen LogP contribution in [0.2, 0.25) is 0 Å². The lowest BCUT2D eigenvalue weighted by atomic mass is 10.0. The van der Waals surface area contributed by atoms with Crippen molar-refractivity contribution in [1.82, 2.24) is 9.55 Å². The molecule has 7 nitrogen and oxygen atoms in total. The lowest BCUT2D eigenvalue weighted by molar-refractivity contribution is -0.113. The molecule has 0 fully saturated rings. The Morgan fingerprint density at radius 3 is 2.44 bits per heavy atom. The number of esters is 1. The molecular weight excluding hydrogens is 551 g/mol. The van der Waals surface area contributed by atoms with Gasteiger partial charge in [-0.05, 0) is 44.0 Å². The Kier molecular flexibility index (Phi) is 7.97. The standard InChI is InChI=1S/C29H25N3O4S3/c1-4-36-28(35)24-21(19-11-7-5-8-12-19)15-37-25(24)30-22(33)16-38-29-31-26-23(17(2)18(3)39-26)27(34)32(29)20-13-9-6-10-14-20/h5-15H,4,16H2,1-3H3,(H,30,33). The van der Waals surface area contributed by atoms with Crippen LogP contribution in [0.4, 0.5) is 5.00 Å². The van der Waals surface area contributed by atoms with Gasteiger partial charge in [-0.3, -0.25) is 14.2 Å². The van der Waals surface area contributed by atoms with E-state index in [4.69, 9.17) is 9.72 Å². The molecule has 0 saturated heterocycles. The molecule has 1 amide bonds. The van der Waals surface area contributed by atoms with Crippen LogP contribution in [0.1, 0.15) is 27.7 Å². The first-order valence-corrected chi connectivity index (χ1v) is 14.9. The van der Waals surface area contributed by atoms with E-state index in [9.17, 15) is 14.4 Å². The number of fused-ring (bicyclic) bond motifs is 1. The lowest BCUT2D eigenvalue weighted by Gasteiger charge is -2.12. The van der Waals surface area contributed by atoms with Gasteiger partial charge in [0.1, 0.15) is 15.4 Å². The number of thioether (sulfide) groups is 1. The highest BCUT2D eigenvalue weighted by Crippen LogP contribution is 2.36. The number of anilines is 1. The summed E-state index contributed by atoms with van der Waals surface area (Å²) in [6, 6.07) is 18.8. The van der Waals surface area contributed by atoms with Crippen molar-refractivity contribution in [3.63, 3.8) is 0 Å². The molecule has 0 spiro atoms. The number of hydrogen-bond acceptors (Lipinski definition) is 8. The van der Waals surface area contributed by atoms with Crippen molar-refractivity contribution in [2.75, 3.05) is 17.7 Å². The number of nitrogens with zero attached hydrogens (tertiary/aromatic N) is 2. The molecule has 2 aromatic carbocycles. The molecule has 0 aliphatic heterocycles. The largest absolute Gasteiger partial charge is 0.462 e. The summed E-state index contributed by atoms with van der Waals surface area (Å²) in [5.74, 6) is -0.817. The van der Waals surface area contributed by atoms with E-state index in [1.165, 1.54) is 34.4 Å². The van der Waals surface area contributed by atoms with E-state index in [0.717, 1.165) is 16.0 Å². The number of carbonyl (C=O) groups is 2. The van der Waals surface area contributed by atoms with Gasteiger partial charge in [0, 0.05) is 15.8 Å². The molecule has 0 aliphatic carbocycles. The number of thiophene rings is 2. The van der Waals surface area contributed by atoms with Gasteiger partial charge < -0.3 is 10.1 Å². The normalized spacial score (nSPS) is 11.1. The first-order valence-electron chi connectivity index (χ1n) is 12.2. The Morgan fingerprint density at radius 2 is 1.74 bits per heavy atom. The van der Waals surface area contributed by atoms with E-state index in [2.05, 4.69) is 5.32 Å². The third-order valence-corrected chi connectivity index (χ3v) is 9.06. The maximum atomic E-state index is 13.6. The van der Waals surface area contributed by atoms with Crippen LogP contribution in [0, 0.1) is 13.8 Å². The number of carbonyl (C=O) groups excluding carboxylic acids is 2. The van der Waals surface area contributed by atoms with Crippen molar-refractivity contribution < 1.29 is 14.3 Å². The molecule has 3 heterocycles. The zero-order valence-electron chi connectivity index (χ0n) is 21.5. The Balaban J connectivity index is 1.45. The Morgan fingerprint density at radius 1 is 1.05 bits per heavy atom. The van der Waals surface area contributed by atoms with Gasteiger partial charge in [0.25, 0.3) is 5.56 Å². The number of para-hydroxylation sites is 1. The smallest absolute Gasteiger partial charge is 0.341 e. The number of hydrogen-bond donors (Lipinski definition) is 1. The van der Waals surface area contributed by atoms with Crippen LogP contribution >= 0.6 is 34.4 Å². The number of ether oxygens (including phenoxy) is 1. The molecule has 0 unspecified atom stereocenters. The second-order valence-electron chi connectivity index (χ2n) is 8.61. The van der Waals surface area contributed by atoms with Gasteiger partial charge in [-0.15, -0.1) is 22.7 Å². The monoisotopic (exact) mass is 575 g/mol. The summed E-state index contributed by atoms with van der Waals surface area (Å²) in [7, 11) is 0. The van der Waals surface area contributed by atoms with E-state index >= 15 is 0 Å². The van der Waals surface area contributed by atoms with E-state index in [1.807, 2.05) is 79.9 Å². The van der Waals surface area contributed by atoms with E-state index in [0.29, 0.717) is 37.2 Å². The number of rotatable bonds is 8. The minimum atomic E-state index is -0.492. The average molecular weight is 576 g/mol. The lowest BCUT2D eigenvalue weighted by Crippen LogP contribution is -2.23. The summed E-state index contributed by atoms with van der Waals surface area (Å²) in [6.45, 7) is 5.87. The summed E-state index contributed by atoms with van der Waals surface area (Å²) in [4.78, 5) is 46.1. The zero-order valence-corrected chi connectivity index (χ0v) is 24.0. The van der Waals surface area contributed by atoms with Crippen LogP contribution in [0.3, 0.4) is 0 Å². The molecule has 3 aromatic heterocycles. The van der Waals surface area contributed by atoms with Gasteiger partial charge in [-0.25, -0.2) is 9.78 Å². The molecule has 0 bridgehead atoms. The van der Waals surface area contributed by atoms with Gasteiger partial charge >= 0.3 is 5.97 Å². The summed E-state index contributed by atoms with van der Waals surface area (Å²) >= 11 is 3.92. The molecular formula is C29H25N3O4S3. The van der Waals surface area contributed by atoms with Crippen molar-refractivity contribution in [3.8, 4) is 16.8 Å². The number of benzene rings is 2. The third-order valence-electron chi connectivity index (χ3n) is 6.13. The highest BCUT2D eigenvalue weighted by Gasteiger charge is 2.24. The first kappa shape index (κ1) is 26.9. The van der Waals surface area contributed by atoms with Gasteiger partial charge in [0.05, 0.1) is 23.4 Å². The fourth-order valence-electron chi connectivity index (χ4n) is 4.16. The Hall–Kier alpha value is -3.73. The molecule has 5 aromatic rings. The SMILES string of the molecule is CCOC(=O)c1c(-c2ccccc2)csc1NC(=O)CSc1nc2sc(C)c(C)c2c(=O)n1-c1ccccc1. The van der Waals surface area contributed by atoms with Crippen molar-refractivity contribution in [1.29, 1.82) is 0 Å². The fraction of sp³-hybridized carbons (Fsp3) is 0.172. The maximum Gasteiger partial charge on any atom is 0.341 e. The van der Waals surface area contributed by atoms with Crippen LogP contribution in [0.5, 0.6) is 0 Å². The molecule has 0 aliphatic rings. The number of aromatic nitrogens is 2. The highest BCUT2D eigenvalue weighted by atomic mass is 32.2. The second kappa shape index (κ2) is 11.6. The van der Waals surface area contributed by atoms with Crippen molar-refractivity contribution in [3.05, 3.63) is 92.4 Å². The van der Waals surface area contributed by atoms with Gasteiger partial charge in [-0.2, -0.15) is 0 Å². The van der Waals surface area contributed by atoms with Crippen LogP contribution in [0.25, 0.3) is 27.0 Å². The molecule has 5 rings (SSSR count). The van der Waals surface area contributed by atoms with Gasteiger partial charge in [0.15, 0.2) is 5.16 Å². The molecule has 0 radical (unpaired) electrons. The number of amides is 1. The molecule has 0 atom stereocenters. The second-order valence-corrected chi connectivity index (χ2v) is 11.6. The Bertz CT molecular complexity index is 1720. The highest BCUT2D eigenvalue weighted by molar-refractivity contribution is 7.99. The molecule has 39 heavy (non-hydrogen) atoms. The summed E-state index contributed by atoms with van der Waals surface area (Å²) in [6.07, 6.45) is 0. The summed E-state index contributed by atoms with van der Waals surface area (Å²) < 4.78 is 6.85. The molecule has 10 heteroatoms. The number of nitrogens with one attached hydrogen (secondary N) is 1. The average Bonchev–Trinajstić information content (AvgIpc) is 3.48. The first-order chi connectivity index (χ1) is 18.9. The predicted octanol–water partition coefficient (Wildman–Crippen LogP) is 6.70. The third kappa shape index (κ3) is 5.40. The van der Waals surface area contributed by atoms with Crippen LogP contribution in [-0.2, 0) is 9.53 Å². The quantitative estimate of drug-likeness (QED) is 0.126. The maximum absolute atomic E-state index is 13.6. The summed E-state index contributed by atoms with van der Waals surface area (Å²) in [5, 5.41) is 6.17. The fourth-order valence-corrected chi connectivity index (χ4v) is 7.01. The predicted molar refractivity (Wildman–Crippen MR) is 160 cm³/mol. The van der Waals surface area contributed by atoms with E-state index < -0.39 is 5.97 Å². The molecule has 0 saturated carbocycles. The topological polar surface area (TPSA) is 90.3 Å². The summed E-state index contributed by atoms with van der Waals surface area (Å²) in [5.41, 5.74) is 3.33. The van der Waals surface area contributed by atoms with Crippen molar-refractivity contribution in [2.45, 2.75) is 25.9 Å². The van der Waals surface area contributed by atoms with Crippen LogP contribution < -0.4 is 10.9 Å². The van der Waals surface area contributed by atoms with E-state index in [-0.39, 0.29) is 23.8 Å². The van der Waals surface area contributed by atoms with Gasteiger partial charge in [0.2, 0.25) is 5.91 Å². The Labute approximate surface area is 237 Å². The zero-order chi connectivity index (χ0) is 27.5. The van der Waals surface area contributed by atoms with E-state index in [1.54, 1.807) is 11.5 Å². The minimum absolute atomic E-state index is 0.00500. The van der Waals surface area contributed by atoms with Crippen LogP contribution in [-0.4, -0.2) is 33.8 Å². The molecule has 1 N–H and O–H groups in total. The van der Waals surface area contributed by atoms with Crippen LogP contribution in [0.15, 0.2) is 76.0 Å². The van der Waals surface area contributed by atoms with Gasteiger partial charge in [-0.1, -0.05) is 60.3 Å². The minimum Gasteiger partial charge on any atom is -0.462 e.